The summed E-state index contributed by atoms with van der Waals surface area (Å²) in [5.74, 6) is 0.242. The topological polar surface area (TPSA) is 180 Å². The van der Waals surface area contributed by atoms with Gasteiger partial charge in [-0.05, 0) is 38.0 Å². The molecule has 0 spiro atoms. The lowest BCUT2D eigenvalue weighted by molar-refractivity contribution is -0.132. The van der Waals surface area contributed by atoms with Crippen LogP contribution in [0.15, 0.2) is 48.8 Å². The van der Waals surface area contributed by atoms with Gasteiger partial charge in [-0.25, -0.2) is 14.1 Å². The first-order valence-corrected chi connectivity index (χ1v) is 22.0. The molecule has 1 aliphatic heterocycles. The first-order chi connectivity index (χ1) is 26.4. The number of nitrogens with two attached hydrogens (primary N) is 1. The molecule has 1 aliphatic carbocycles. The third-order valence-corrected chi connectivity index (χ3v) is 12.1. The molecule has 13 nitrogen and oxygen atoms in total. The van der Waals surface area contributed by atoms with Crippen molar-refractivity contribution < 1.29 is 42.9 Å². The van der Waals surface area contributed by atoms with Crippen LogP contribution in [0.25, 0.3) is 5.52 Å². The highest BCUT2D eigenvalue weighted by Crippen LogP contribution is 2.63. The summed E-state index contributed by atoms with van der Waals surface area (Å²) in [6.45, 7) is 6.23. The Balaban J connectivity index is 1.01. The largest absolute Gasteiger partial charge is 0.472 e. The fourth-order valence-electron chi connectivity index (χ4n) is 7.63. The number of aliphatic hydroxyl groups excluding tert-OH is 1. The molecule has 55 heavy (non-hydrogen) atoms. The minimum Gasteiger partial charge on any atom is -0.386 e. The maximum absolute atomic E-state index is 13.2. The number of fused-ring (bicyclic) bond motifs is 2. The summed E-state index contributed by atoms with van der Waals surface area (Å²) in [5.41, 5.74) is 3.38. The first-order valence-electron chi connectivity index (χ1n) is 20.5. The van der Waals surface area contributed by atoms with Crippen LogP contribution >= 0.6 is 7.82 Å². The molecular weight excluding hydrogens is 723 g/mol. The highest BCUT2D eigenvalue weighted by Gasteiger charge is 2.82. The number of aromatic nitrogens is 3. The molecule has 2 fully saturated rings. The van der Waals surface area contributed by atoms with E-state index in [0.717, 1.165) is 18.4 Å². The van der Waals surface area contributed by atoms with Gasteiger partial charge in [-0.3, -0.25) is 9.05 Å². The summed E-state index contributed by atoms with van der Waals surface area (Å²) in [6.07, 6.45) is 18.1. The third-order valence-electron chi connectivity index (χ3n) is 11.2. The Morgan fingerprint density at radius 3 is 2.09 bits per heavy atom. The van der Waals surface area contributed by atoms with E-state index >= 15 is 0 Å². The second-order valence-electron chi connectivity index (χ2n) is 15.9. The predicted molar refractivity (Wildman–Crippen MR) is 211 cm³/mol. The Hall–Kier alpha value is -2.45. The second kappa shape index (κ2) is 20.3. The zero-order valence-electron chi connectivity index (χ0n) is 33.2. The molecule has 14 heteroatoms. The van der Waals surface area contributed by atoms with Gasteiger partial charge in [0.15, 0.2) is 11.4 Å². The molecule has 1 aromatic carbocycles. The van der Waals surface area contributed by atoms with Crippen molar-refractivity contribution >= 4 is 19.2 Å². The summed E-state index contributed by atoms with van der Waals surface area (Å²) in [6, 6.07) is 13.0. The highest BCUT2D eigenvalue weighted by molar-refractivity contribution is 7.47. The third kappa shape index (κ3) is 11.6. The number of hydrogen-bond acceptors (Lipinski definition) is 11. The number of aliphatic hydroxyl groups is 2. The molecule has 3 heterocycles. The van der Waals surface area contributed by atoms with E-state index in [-0.39, 0.29) is 25.6 Å². The van der Waals surface area contributed by atoms with E-state index in [1.165, 1.54) is 101 Å². The number of unbranched alkanes of at least 4 members (excludes halogenated alkanes) is 15. The Morgan fingerprint density at radius 1 is 0.909 bits per heavy atom. The van der Waals surface area contributed by atoms with Crippen LogP contribution < -0.4 is 5.73 Å². The lowest BCUT2D eigenvalue weighted by atomic mass is 9.91. The quantitative estimate of drug-likeness (QED) is 0.0415. The van der Waals surface area contributed by atoms with Crippen molar-refractivity contribution in [2.75, 3.05) is 25.6 Å². The Bertz CT molecular complexity index is 1650. The van der Waals surface area contributed by atoms with E-state index in [2.05, 4.69) is 17.0 Å². The van der Waals surface area contributed by atoms with Crippen molar-refractivity contribution in [1.82, 2.24) is 14.6 Å². The number of nitrogen functional groups attached to an aromatic ring is 1. The van der Waals surface area contributed by atoms with Crippen molar-refractivity contribution in [2.24, 2.45) is 0 Å². The second-order valence-corrected chi connectivity index (χ2v) is 17.4. The van der Waals surface area contributed by atoms with Crippen LogP contribution in [0.5, 0.6) is 0 Å². The molecule has 2 aromatic heterocycles. The number of anilines is 1. The number of hydrogen-bond donors (Lipinski definition) is 4. The standard InChI is InChI=1S/C41H65N4O9P/c1-4-5-6-7-8-9-10-11-12-13-14-15-16-17-18-22-27-50-29-39(2,51-28-32-23-20-19-21-24-32)30-52-55(48,49)54-36-35-41(36,47)38(46)40(3,53-35)34-26-25-33-37(42)43-31-44-45(33)34/h19-21,23-26,31,35-36,38,46-47H,4-18,22,27-30H2,1-3H3,(H,48,49)(H2,42,43,44)/t35-,36?,38+,39?,40+,41+/m1/s1. The summed E-state index contributed by atoms with van der Waals surface area (Å²) in [4.78, 5) is 14.8. The molecule has 1 saturated heterocycles. The molecule has 7 atom stereocenters. The fourth-order valence-corrected chi connectivity index (χ4v) is 8.69. The zero-order chi connectivity index (χ0) is 39.4. The average Bonchev–Trinajstić information content (AvgIpc) is 3.41. The van der Waals surface area contributed by atoms with Crippen LogP contribution in [0.3, 0.4) is 0 Å². The molecule has 3 unspecified atom stereocenters. The monoisotopic (exact) mass is 788 g/mol. The van der Waals surface area contributed by atoms with Crippen LogP contribution in [-0.4, -0.2) is 79.0 Å². The van der Waals surface area contributed by atoms with Crippen molar-refractivity contribution in [2.45, 2.75) is 165 Å². The van der Waals surface area contributed by atoms with Gasteiger partial charge >= 0.3 is 7.82 Å². The molecule has 0 amide bonds. The first kappa shape index (κ1) is 43.7. The Kier molecular flexibility index (Phi) is 16.1. The van der Waals surface area contributed by atoms with Gasteiger partial charge in [0, 0.05) is 6.61 Å². The van der Waals surface area contributed by atoms with Gasteiger partial charge in [0.05, 0.1) is 25.5 Å². The highest BCUT2D eigenvalue weighted by atomic mass is 31.2. The van der Waals surface area contributed by atoms with E-state index in [1.807, 2.05) is 30.3 Å². The summed E-state index contributed by atoms with van der Waals surface area (Å²) in [5, 5.41) is 26.9. The molecule has 5 rings (SSSR count). The van der Waals surface area contributed by atoms with Gasteiger partial charge in [0.1, 0.15) is 41.4 Å². The maximum Gasteiger partial charge on any atom is 0.472 e. The van der Waals surface area contributed by atoms with E-state index in [1.54, 1.807) is 26.0 Å². The summed E-state index contributed by atoms with van der Waals surface area (Å²) >= 11 is 0. The van der Waals surface area contributed by atoms with Gasteiger partial charge in [0.2, 0.25) is 0 Å². The molecule has 1 saturated carbocycles. The van der Waals surface area contributed by atoms with Crippen molar-refractivity contribution in [3.05, 3.63) is 60.0 Å². The van der Waals surface area contributed by atoms with Crippen molar-refractivity contribution in [1.29, 1.82) is 0 Å². The van der Waals surface area contributed by atoms with Gasteiger partial charge in [-0.1, -0.05) is 134 Å². The van der Waals surface area contributed by atoms with E-state index in [9.17, 15) is 19.7 Å². The van der Waals surface area contributed by atoms with Crippen LogP contribution in [-0.2, 0) is 40.0 Å². The summed E-state index contributed by atoms with van der Waals surface area (Å²) < 4.78 is 43.9. The maximum atomic E-state index is 13.2. The zero-order valence-corrected chi connectivity index (χ0v) is 34.0. The number of ether oxygens (including phenoxy) is 3. The number of phosphoric acid groups is 1. The Morgan fingerprint density at radius 2 is 1.51 bits per heavy atom. The average molecular weight is 789 g/mol. The van der Waals surface area contributed by atoms with Crippen LogP contribution in [0.4, 0.5) is 5.82 Å². The van der Waals surface area contributed by atoms with E-state index in [4.69, 9.17) is 29.0 Å². The van der Waals surface area contributed by atoms with E-state index < -0.39 is 42.9 Å². The van der Waals surface area contributed by atoms with Crippen LogP contribution in [0.2, 0.25) is 0 Å². The minimum atomic E-state index is -4.76. The lowest BCUT2D eigenvalue weighted by Crippen LogP contribution is -2.46. The summed E-state index contributed by atoms with van der Waals surface area (Å²) in [7, 11) is -4.76. The molecule has 2 aliphatic rings. The van der Waals surface area contributed by atoms with Crippen molar-refractivity contribution in [3.63, 3.8) is 0 Å². The molecule has 0 radical (unpaired) electrons. The van der Waals surface area contributed by atoms with Crippen LogP contribution in [0, 0.1) is 0 Å². The smallest absolute Gasteiger partial charge is 0.386 e. The number of rotatable bonds is 28. The van der Waals surface area contributed by atoms with Crippen LogP contribution in [0.1, 0.15) is 135 Å². The number of phosphoric ester groups is 1. The Labute approximate surface area is 326 Å². The normalized spacial score (nSPS) is 25.5. The number of nitrogens with zero attached hydrogens (tertiary/aromatic N) is 3. The van der Waals surface area contributed by atoms with Gasteiger partial charge in [-0.2, -0.15) is 5.10 Å². The van der Waals surface area contributed by atoms with Gasteiger partial charge < -0.3 is 35.1 Å². The molecule has 308 valence electrons. The van der Waals surface area contributed by atoms with Crippen molar-refractivity contribution in [3.8, 4) is 0 Å². The minimum absolute atomic E-state index is 0.133. The van der Waals surface area contributed by atoms with E-state index in [0.29, 0.717) is 17.8 Å². The van der Waals surface area contributed by atoms with Gasteiger partial charge in [0.25, 0.3) is 0 Å². The predicted octanol–water partition coefficient (Wildman–Crippen LogP) is 7.79. The molecule has 3 aromatic rings. The number of benzene rings is 1. The fraction of sp³-hybridized carbons (Fsp3) is 0.707. The van der Waals surface area contributed by atoms with Gasteiger partial charge in [-0.15, -0.1) is 0 Å². The lowest BCUT2D eigenvalue weighted by Gasteiger charge is -2.33. The molecule has 0 bridgehead atoms. The molecular formula is C41H65N4O9P. The SMILES string of the molecule is CCCCCCCCCCCCCCCCCCOCC(C)(COP(=O)(O)OC1[C@H]2O[C@@](C)(c3ccc4c(N)ncnn34)[C@H](O)[C@@]12O)OCc1ccccc1. The molecule has 5 N–H and O–H groups in total.